The van der Waals surface area contributed by atoms with Crippen molar-refractivity contribution in [3.63, 3.8) is 0 Å². The van der Waals surface area contributed by atoms with E-state index < -0.39 is 12.2 Å². The molecule has 4 aromatic rings. The number of benzene rings is 1. The molecule has 0 saturated carbocycles. The molecule has 0 atom stereocenters. The van der Waals surface area contributed by atoms with E-state index in [2.05, 4.69) is 15.2 Å². The lowest BCUT2D eigenvalue weighted by atomic mass is 10.1. The number of aryl methyl sites for hydroxylation is 2. The minimum absolute atomic E-state index is 0.157. The van der Waals surface area contributed by atoms with Crippen molar-refractivity contribution in [3.8, 4) is 16.9 Å². The molecule has 0 N–H and O–H groups in total. The summed E-state index contributed by atoms with van der Waals surface area (Å²) in [7, 11) is 0. The van der Waals surface area contributed by atoms with Crippen LogP contribution in [0.5, 0.6) is 0 Å². The molecule has 0 bridgehead atoms. The maximum Gasteiger partial charge on any atom is 0.264 e. The van der Waals surface area contributed by atoms with Gasteiger partial charge >= 0.3 is 0 Å². The minimum atomic E-state index is -2.72. The first-order valence-electron chi connectivity index (χ1n) is 8.45. The summed E-state index contributed by atoms with van der Waals surface area (Å²) < 4.78 is 44.8. The number of para-hydroxylation sites is 1. The molecule has 3 aromatic heterocycles. The van der Waals surface area contributed by atoms with E-state index in [1.165, 1.54) is 22.9 Å². The van der Waals surface area contributed by atoms with Gasteiger partial charge < -0.3 is 0 Å². The molecular weight excluding hydrogens is 355 g/mol. The fourth-order valence-corrected chi connectivity index (χ4v) is 3.10. The van der Waals surface area contributed by atoms with Crippen molar-refractivity contribution in [2.45, 2.75) is 26.8 Å². The highest BCUT2D eigenvalue weighted by Gasteiger charge is 2.22. The number of rotatable bonds is 4. The van der Waals surface area contributed by atoms with Gasteiger partial charge in [0.25, 0.3) is 6.43 Å². The Labute approximate surface area is 153 Å². The Morgan fingerprint density at radius 3 is 2.63 bits per heavy atom. The van der Waals surface area contributed by atoms with Gasteiger partial charge in [-0.05, 0) is 32.0 Å². The molecule has 0 aliphatic heterocycles. The summed E-state index contributed by atoms with van der Waals surface area (Å²) in [5.41, 5.74) is 1.49. The number of hydrogen-bond donors (Lipinski definition) is 0. The Kier molecular flexibility index (Phi) is 4.18. The van der Waals surface area contributed by atoms with Crippen LogP contribution >= 0.6 is 0 Å². The summed E-state index contributed by atoms with van der Waals surface area (Å²) in [6, 6.07) is 7.39. The van der Waals surface area contributed by atoms with Gasteiger partial charge in [0, 0.05) is 23.9 Å². The fraction of sp³-hybridized carbons (Fsp3) is 0.211. The molecule has 0 saturated heterocycles. The van der Waals surface area contributed by atoms with E-state index in [0.717, 1.165) is 0 Å². The van der Waals surface area contributed by atoms with Crippen molar-refractivity contribution in [3.05, 3.63) is 59.8 Å². The van der Waals surface area contributed by atoms with E-state index >= 15 is 0 Å². The summed E-state index contributed by atoms with van der Waals surface area (Å²) >= 11 is 0. The lowest BCUT2D eigenvalue weighted by molar-refractivity contribution is 0.153. The molecule has 0 amide bonds. The Morgan fingerprint density at radius 1 is 1.19 bits per heavy atom. The van der Waals surface area contributed by atoms with Crippen molar-refractivity contribution in [2.75, 3.05) is 0 Å². The molecule has 0 radical (unpaired) electrons. The maximum absolute atomic E-state index is 14.3. The number of alkyl halides is 2. The van der Waals surface area contributed by atoms with Crippen LogP contribution in [0.3, 0.4) is 0 Å². The number of halogens is 3. The second-order valence-corrected chi connectivity index (χ2v) is 6.13. The van der Waals surface area contributed by atoms with Gasteiger partial charge in [0.1, 0.15) is 11.5 Å². The second kappa shape index (κ2) is 6.53. The van der Waals surface area contributed by atoms with Gasteiger partial charge in [0.15, 0.2) is 5.65 Å². The van der Waals surface area contributed by atoms with E-state index in [1.807, 2.05) is 6.92 Å². The van der Waals surface area contributed by atoms with Gasteiger partial charge in [-0.25, -0.2) is 22.8 Å². The fourth-order valence-electron chi connectivity index (χ4n) is 3.10. The van der Waals surface area contributed by atoms with Crippen LogP contribution in [0, 0.1) is 12.7 Å². The van der Waals surface area contributed by atoms with Crippen molar-refractivity contribution in [2.24, 2.45) is 0 Å². The van der Waals surface area contributed by atoms with E-state index in [4.69, 9.17) is 0 Å². The summed E-state index contributed by atoms with van der Waals surface area (Å²) in [6.07, 6.45) is 0.594. The normalized spacial score (nSPS) is 11.6. The molecule has 4 rings (SSSR count). The molecule has 1 aromatic carbocycles. The van der Waals surface area contributed by atoms with Gasteiger partial charge in [-0.2, -0.15) is 10.2 Å². The second-order valence-electron chi connectivity index (χ2n) is 6.13. The molecule has 0 aliphatic carbocycles. The van der Waals surface area contributed by atoms with E-state index in [9.17, 15) is 13.2 Å². The highest BCUT2D eigenvalue weighted by atomic mass is 19.3. The van der Waals surface area contributed by atoms with Crippen molar-refractivity contribution >= 4 is 11.0 Å². The molecule has 0 unspecified atom stereocenters. The largest absolute Gasteiger partial charge is 0.272 e. The Hall–Kier alpha value is -3.16. The van der Waals surface area contributed by atoms with Crippen LogP contribution in [0.4, 0.5) is 13.2 Å². The average molecular weight is 371 g/mol. The zero-order valence-electron chi connectivity index (χ0n) is 14.7. The monoisotopic (exact) mass is 371 g/mol. The summed E-state index contributed by atoms with van der Waals surface area (Å²) in [4.78, 5) is 4.52. The van der Waals surface area contributed by atoms with E-state index in [-0.39, 0.29) is 22.3 Å². The van der Waals surface area contributed by atoms with Crippen LogP contribution in [-0.2, 0) is 6.54 Å². The first kappa shape index (κ1) is 17.3. The number of hydrogen-bond acceptors (Lipinski definition) is 3. The van der Waals surface area contributed by atoms with Crippen LogP contribution in [0.1, 0.15) is 24.6 Å². The molecule has 27 heavy (non-hydrogen) atoms. The van der Waals surface area contributed by atoms with E-state index in [0.29, 0.717) is 23.5 Å². The van der Waals surface area contributed by atoms with Gasteiger partial charge in [-0.15, -0.1) is 0 Å². The van der Waals surface area contributed by atoms with Crippen molar-refractivity contribution in [1.82, 2.24) is 24.5 Å². The smallest absolute Gasteiger partial charge is 0.264 e. The summed E-state index contributed by atoms with van der Waals surface area (Å²) in [5, 5.41) is 8.69. The topological polar surface area (TPSA) is 48.5 Å². The minimum Gasteiger partial charge on any atom is -0.272 e. The van der Waals surface area contributed by atoms with Gasteiger partial charge in [0.05, 0.1) is 23.0 Å². The van der Waals surface area contributed by atoms with Gasteiger partial charge in [-0.1, -0.05) is 12.1 Å². The van der Waals surface area contributed by atoms with Crippen molar-refractivity contribution in [1.29, 1.82) is 0 Å². The Bertz CT molecular complexity index is 1130. The van der Waals surface area contributed by atoms with Gasteiger partial charge in [0.2, 0.25) is 0 Å². The SMILES string of the molecule is CCn1cc(-c2cc(C(F)F)c3c(C)nn(-c4ccccc4F)c3n2)cn1. The Balaban J connectivity index is 2.03. The molecular formula is C19H16F3N5. The maximum atomic E-state index is 14.3. The first-order valence-corrected chi connectivity index (χ1v) is 8.45. The Morgan fingerprint density at radius 2 is 1.96 bits per heavy atom. The van der Waals surface area contributed by atoms with Crippen LogP contribution in [0.15, 0.2) is 42.7 Å². The quantitative estimate of drug-likeness (QED) is 0.523. The third-order valence-corrected chi connectivity index (χ3v) is 4.41. The molecule has 138 valence electrons. The van der Waals surface area contributed by atoms with Gasteiger partial charge in [-0.3, -0.25) is 4.68 Å². The number of fused-ring (bicyclic) bond motifs is 1. The standard InChI is InChI=1S/C19H16F3N5/c1-3-26-10-12(9-23-26)15-8-13(18(21)22)17-11(2)25-27(19(17)24-15)16-7-5-4-6-14(16)20/h4-10,18H,3H2,1-2H3. The predicted molar refractivity (Wildman–Crippen MR) is 95.4 cm³/mol. The molecule has 8 heteroatoms. The van der Waals surface area contributed by atoms with Crippen molar-refractivity contribution < 1.29 is 13.2 Å². The molecule has 0 spiro atoms. The molecule has 5 nitrogen and oxygen atoms in total. The van der Waals surface area contributed by atoms with Crippen LogP contribution < -0.4 is 0 Å². The highest BCUT2D eigenvalue weighted by molar-refractivity contribution is 5.86. The number of pyridine rings is 1. The third-order valence-electron chi connectivity index (χ3n) is 4.41. The zero-order valence-corrected chi connectivity index (χ0v) is 14.7. The summed E-state index contributed by atoms with van der Waals surface area (Å²) in [5.74, 6) is -0.508. The van der Waals surface area contributed by atoms with Crippen LogP contribution in [-0.4, -0.2) is 24.5 Å². The predicted octanol–water partition coefficient (Wildman–Crippen LogP) is 4.69. The number of aromatic nitrogens is 5. The molecule has 3 heterocycles. The van der Waals surface area contributed by atoms with Crippen LogP contribution in [0.25, 0.3) is 28.0 Å². The third kappa shape index (κ3) is 2.87. The lowest BCUT2D eigenvalue weighted by Gasteiger charge is -2.08. The van der Waals surface area contributed by atoms with E-state index in [1.54, 1.807) is 36.1 Å². The highest BCUT2D eigenvalue weighted by Crippen LogP contribution is 2.34. The zero-order chi connectivity index (χ0) is 19.1. The number of nitrogens with zero attached hydrogens (tertiary/aromatic N) is 5. The first-order chi connectivity index (χ1) is 13.0. The summed E-state index contributed by atoms with van der Waals surface area (Å²) in [6.45, 7) is 4.19. The van der Waals surface area contributed by atoms with Crippen LogP contribution in [0.2, 0.25) is 0 Å². The average Bonchev–Trinajstić information content (AvgIpc) is 3.26. The lowest BCUT2D eigenvalue weighted by Crippen LogP contribution is -2.02. The molecule has 0 fully saturated rings. The molecule has 0 aliphatic rings.